The molecule has 2 aromatic heterocycles. The number of benzene rings is 2. The number of para-hydroxylation sites is 1. The third kappa shape index (κ3) is 2.66. The van der Waals surface area contributed by atoms with Crippen LogP contribution in [-0.2, 0) is 6.42 Å². The molecular formula is C21H18ClN5. The molecule has 2 aromatic carbocycles. The molecule has 5 rings (SSSR count). The molecular weight excluding hydrogens is 358 g/mol. The van der Waals surface area contributed by atoms with Gasteiger partial charge in [0.1, 0.15) is 12.1 Å². The number of fused-ring (bicyclic) bond motifs is 2. The zero-order valence-electron chi connectivity index (χ0n) is 14.9. The summed E-state index contributed by atoms with van der Waals surface area (Å²) in [5, 5.41) is 6.23. The largest absolute Gasteiger partial charge is 0.325 e. The van der Waals surface area contributed by atoms with Crippen molar-refractivity contribution in [3.05, 3.63) is 71.1 Å². The number of aryl methyl sites for hydroxylation is 2. The molecule has 0 unspecified atom stereocenters. The standard InChI is InChI=1S/C21H18ClN5/c1-14-8-9-16(22)11-19(14)27-21-17(12-25-27)20(23-13-24-21)26-10-4-6-15-5-2-3-7-18(15)26/h2-3,5,7-9,11-13H,4,6,10H2,1H3. The molecule has 0 saturated carbocycles. The lowest BCUT2D eigenvalue weighted by molar-refractivity contribution is 0.761. The average Bonchev–Trinajstić information content (AvgIpc) is 3.13. The predicted octanol–water partition coefficient (Wildman–Crippen LogP) is 4.86. The van der Waals surface area contributed by atoms with Gasteiger partial charge in [0, 0.05) is 17.3 Å². The van der Waals surface area contributed by atoms with Gasteiger partial charge in [-0.05, 0) is 49.1 Å². The first-order valence-electron chi connectivity index (χ1n) is 9.03. The van der Waals surface area contributed by atoms with E-state index in [9.17, 15) is 0 Å². The van der Waals surface area contributed by atoms with Crippen LogP contribution >= 0.6 is 11.6 Å². The van der Waals surface area contributed by atoms with Crippen LogP contribution in [0.25, 0.3) is 16.7 Å². The maximum atomic E-state index is 6.21. The van der Waals surface area contributed by atoms with Crippen LogP contribution in [0, 0.1) is 6.92 Å². The second-order valence-corrected chi connectivity index (χ2v) is 7.24. The summed E-state index contributed by atoms with van der Waals surface area (Å²) in [4.78, 5) is 11.4. The Morgan fingerprint density at radius 2 is 1.93 bits per heavy atom. The highest BCUT2D eigenvalue weighted by molar-refractivity contribution is 6.30. The first kappa shape index (κ1) is 16.3. The van der Waals surface area contributed by atoms with E-state index in [1.165, 1.54) is 11.3 Å². The number of anilines is 2. The third-order valence-corrected chi connectivity index (χ3v) is 5.35. The molecule has 1 aliphatic heterocycles. The lowest BCUT2D eigenvalue weighted by atomic mass is 10.0. The molecule has 0 amide bonds. The van der Waals surface area contributed by atoms with E-state index in [1.54, 1.807) is 6.33 Å². The van der Waals surface area contributed by atoms with Crippen LogP contribution in [0.3, 0.4) is 0 Å². The van der Waals surface area contributed by atoms with Crippen LogP contribution in [-0.4, -0.2) is 26.3 Å². The SMILES string of the molecule is Cc1ccc(Cl)cc1-n1ncc2c(N3CCCc4ccccc43)ncnc21. The van der Waals surface area contributed by atoms with Crippen LogP contribution < -0.4 is 4.90 Å². The van der Waals surface area contributed by atoms with Crippen molar-refractivity contribution in [3.63, 3.8) is 0 Å². The van der Waals surface area contributed by atoms with Crippen molar-refractivity contribution in [2.24, 2.45) is 0 Å². The van der Waals surface area contributed by atoms with Gasteiger partial charge in [-0.25, -0.2) is 14.6 Å². The van der Waals surface area contributed by atoms with Gasteiger partial charge in [-0.2, -0.15) is 5.10 Å². The molecule has 0 bridgehead atoms. The number of rotatable bonds is 2. The minimum Gasteiger partial charge on any atom is -0.325 e. The predicted molar refractivity (Wildman–Crippen MR) is 108 cm³/mol. The van der Waals surface area contributed by atoms with Gasteiger partial charge in [-0.15, -0.1) is 0 Å². The second kappa shape index (κ2) is 6.35. The van der Waals surface area contributed by atoms with E-state index in [2.05, 4.69) is 44.2 Å². The highest BCUT2D eigenvalue weighted by atomic mass is 35.5. The van der Waals surface area contributed by atoms with Gasteiger partial charge in [-0.3, -0.25) is 0 Å². The summed E-state index contributed by atoms with van der Waals surface area (Å²) in [7, 11) is 0. The van der Waals surface area contributed by atoms with Crippen LogP contribution in [0.15, 0.2) is 55.0 Å². The maximum Gasteiger partial charge on any atom is 0.168 e. The summed E-state index contributed by atoms with van der Waals surface area (Å²) in [6.45, 7) is 2.98. The Bertz CT molecular complexity index is 1150. The van der Waals surface area contributed by atoms with Gasteiger partial charge >= 0.3 is 0 Å². The van der Waals surface area contributed by atoms with E-state index >= 15 is 0 Å². The Hall–Kier alpha value is -2.92. The second-order valence-electron chi connectivity index (χ2n) is 6.81. The smallest absolute Gasteiger partial charge is 0.168 e. The number of hydrogen-bond donors (Lipinski definition) is 0. The van der Waals surface area contributed by atoms with Crippen molar-refractivity contribution in [2.75, 3.05) is 11.4 Å². The van der Waals surface area contributed by atoms with E-state index in [0.29, 0.717) is 5.02 Å². The molecule has 0 aliphatic carbocycles. The minimum atomic E-state index is 0.679. The summed E-state index contributed by atoms with van der Waals surface area (Å²) in [6, 6.07) is 14.3. The Morgan fingerprint density at radius 3 is 2.85 bits per heavy atom. The summed E-state index contributed by atoms with van der Waals surface area (Å²) >= 11 is 6.21. The molecule has 4 aromatic rings. The van der Waals surface area contributed by atoms with Crippen molar-refractivity contribution in [1.29, 1.82) is 0 Å². The lowest BCUT2D eigenvalue weighted by Crippen LogP contribution is -2.25. The number of nitrogens with zero attached hydrogens (tertiary/aromatic N) is 5. The van der Waals surface area contributed by atoms with E-state index < -0.39 is 0 Å². The number of aromatic nitrogens is 4. The number of hydrogen-bond acceptors (Lipinski definition) is 4. The van der Waals surface area contributed by atoms with Crippen molar-refractivity contribution in [1.82, 2.24) is 19.7 Å². The molecule has 134 valence electrons. The summed E-state index contributed by atoms with van der Waals surface area (Å²) < 4.78 is 1.84. The van der Waals surface area contributed by atoms with Crippen LogP contribution in [0.1, 0.15) is 17.5 Å². The van der Waals surface area contributed by atoms with E-state index in [-0.39, 0.29) is 0 Å². The quantitative estimate of drug-likeness (QED) is 0.502. The molecule has 5 nitrogen and oxygen atoms in total. The van der Waals surface area contributed by atoms with Gasteiger partial charge in [0.2, 0.25) is 0 Å². The van der Waals surface area contributed by atoms with Crippen LogP contribution in [0.2, 0.25) is 5.02 Å². The zero-order valence-corrected chi connectivity index (χ0v) is 15.7. The molecule has 0 radical (unpaired) electrons. The highest BCUT2D eigenvalue weighted by Crippen LogP contribution is 2.35. The molecule has 0 saturated heterocycles. The van der Waals surface area contributed by atoms with E-state index in [4.69, 9.17) is 11.6 Å². The Morgan fingerprint density at radius 1 is 1.04 bits per heavy atom. The number of halogens is 1. The van der Waals surface area contributed by atoms with Crippen LogP contribution in [0.5, 0.6) is 0 Å². The van der Waals surface area contributed by atoms with Crippen molar-refractivity contribution in [2.45, 2.75) is 19.8 Å². The van der Waals surface area contributed by atoms with Crippen molar-refractivity contribution in [3.8, 4) is 5.69 Å². The van der Waals surface area contributed by atoms with Gasteiger partial charge < -0.3 is 4.90 Å². The molecule has 6 heteroatoms. The topological polar surface area (TPSA) is 46.8 Å². The fraction of sp³-hybridized carbons (Fsp3) is 0.190. The summed E-state index contributed by atoms with van der Waals surface area (Å²) in [5.74, 6) is 0.901. The zero-order chi connectivity index (χ0) is 18.4. The molecule has 3 heterocycles. The Balaban J connectivity index is 1.69. The molecule has 1 aliphatic rings. The maximum absolute atomic E-state index is 6.21. The fourth-order valence-electron chi connectivity index (χ4n) is 3.79. The van der Waals surface area contributed by atoms with E-state index in [1.807, 2.05) is 36.0 Å². The fourth-order valence-corrected chi connectivity index (χ4v) is 3.95. The molecule has 0 N–H and O–H groups in total. The van der Waals surface area contributed by atoms with E-state index in [0.717, 1.165) is 47.5 Å². The lowest BCUT2D eigenvalue weighted by Gasteiger charge is -2.30. The van der Waals surface area contributed by atoms with Crippen molar-refractivity contribution >= 4 is 34.1 Å². The summed E-state index contributed by atoms with van der Waals surface area (Å²) in [5.41, 5.74) is 5.38. The van der Waals surface area contributed by atoms with Crippen LogP contribution in [0.4, 0.5) is 11.5 Å². The molecule has 0 atom stereocenters. The Kier molecular flexibility index (Phi) is 3.83. The van der Waals surface area contributed by atoms with Gasteiger partial charge in [0.05, 0.1) is 17.3 Å². The summed E-state index contributed by atoms with van der Waals surface area (Å²) in [6.07, 6.45) is 5.67. The van der Waals surface area contributed by atoms with Gasteiger partial charge in [0.25, 0.3) is 0 Å². The molecule has 27 heavy (non-hydrogen) atoms. The Labute approximate surface area is 162 Å². The van der Waals surface area contributed by atoms with Crippen molar-refractivity contribution < 1.29 is 0 Å². The minimum absolute atomic E-state index is 0.679. The normalized spacial score (nSPS) is 13.8. The first-order valence-corrected chi connectivity index (χ1v) is 9.41. The average molecular weight is 376 g/mol. The molecule has 0 fully saturated rings. The van der Waals surface area contributed by atoms with Gasteiger partial charge in [-0.1, -0.05) is 35.9 Å². The van der Waals surface area contributed by atoms with Gasteiger partial charge in [0.15, 0.2) is 5.65 Å². The highest BCUT2D eigenvalue weighted by Gasteiger charge is 2.22. The third-order valence-electron chi connectivity index (χ3n) is 5.11. The molecule has 0 spiro atoms. The first-order chi connectivity index (χ1) is 13.2. The monoisotopic (exact) mass is 375 g/mol.